The van der Waals surface area contributed by atoms with E-state index in [-0.39, 0.29) is 0 Å². The predicted octanol–water partition coefficient (Wildman–Crippen LogP) is 3.82. The van der Waals surface area contributed by atoms with Crippen LogP contribution in [0.15, 0.2) is 48.8 Å². The summed E-state index contributed by atoms with van der Waals surface area (Å²) >= 11 is 5.67. The molecule has 1 aromatic carbocycles. The van der Waals surface area contributed by atoms with Crippen molar-refractivity contribution < 1.29 is 4.74 Å². The van der Waals surface area contributed by atoms with Gasteiger partial charge in [0.25, 0.3) is 0 Å². The zero-order valence-electron chi connectivity index (χ0n) is 15.6. The maximum absolute atomic E-state index is 5.67. The van der Waals surface area contributed by atoms with Gasteiger partial charge in [-0.15, -0.1) is 0 Å². The molecule has 7 heteroatoms. The number of aromatic nitrogens is 4. The van der Waals surface area contributed by atoms with E-state index in [0.717, 1.165) is 30.1 Å². The molecule has 4 rings (SSSR count). The van der Waals surface area contributed by atoms with Gasteiger partial charge < -0.3 is 9.30 Å². The molecule has 0 saturated carbocycles. The van der Waals surface area contributed by atoms with Gasteiger partial charge in [-0.05, 0) is 48.8 Å². The number of pyridine rings is 1. The standard InChI is InChI=1S/C20H23N5OS/c1-23-19(16-8-3-4-10-18(16)26-2)22-25(20(23)27)14-24-12-6-9-17(24)15-7-5-11-21-13-15/h3-5,7-8,10-11,13,17H,6,9,12,14H2,1-2H3. The molecule has 0 bridgehead atoms. The fourth-order valence-electron chi connectivity index (χ4n) is 3.76. The predicted molar refractivity (Wildman–Crippen MR) is 107 cm³/mol. The van der Waals surface area contributed by atoms with Crippen molar-refractivity contribution in [2.45, 2.75) is 25.6 Å². The lowest BCUT2D eigenvalue weighted by Gasteiger charge is -2.24. The van der Waals surface area contributed by atoms with Crippen molar-refractivity contribution in [3.63, 3.8) is 0 Å². The van der Waals surface area contributed by atoms with E-state index in [9.17, 15) is 0 Å². The van der Waals surface area contributed by atoms with Crippen molar-refractivity contribution in [3.8, 4) is 17.1 Å². The largest absolute Gasteiger partial charge is 0.496 e. The molecule has 6 nitrogen and oxygen atoms in total. The van der Waals surface area contributed by atoms with E-state index in [2.05, 4.69) is 16.0 Å². The van der Waals surface area contributed by atoms with Gasteiger partial charge >= 0.3 is 0 Å². The summed E-state index contributed by atoms with van der Waals surface area (Å²) in [5.74, 6) is 1.61. The third-order valence-electron chi connectivity index (χ3n) is 5.14. The molecule has 1 aliphatic rings. The molecule has 1 atom stereocenters. The fraction of sp³-hybridized carbons (Fsp3) is 0.350. The van der Waals surface area contributed by atoms with E-state index < -0.39 is 0 Å². The molecule has 3 aromatic rings. The molecule has 1 saturated heterocycles. The Morgan fingerprint density at radius 3 is 2.85 bits per heavy atom. The quantitative estimate of drug-likeness (QED) is 0.629. The molecular weight excluding hydrogens is 358 g/mol. The van der Waals surface area contributed by atoms with E-state index in [0.29, 0.717) is 17.5 Å². The van der Waals surface area contributed by atoms with Crippen molar-refractivity contribution in [2.75, 3.05) is 13.7 Å². The van der Waals surface area contributed by atoms with E-state index in [4.69, 9.17) is 22.1 Å². The van der Waals surface area contributed by atoms with Gasteiger partial charge in [0, 0.05) is 32.0 Å². The first-order valence-corrected chi connectivity index (χ1v) is 9.51. The number of benzene rings is 1. The molecule has 1 aliphatic heterocycles. The van der Waals surface area contributed by atoms with Crippen LogP contribution in [0, 0.1) is 4.77 Å². The summed E-state index contributed by atoms with van der Waals surface area (Å²) in [6.07, 6.45) is 6.07. The van der Waals surface area contributed by atoms with E-state index in [1.165, 1.54) is 12.0 Å². The maximum Gasteiger partial charge on any atom is 0.199 e. The molecule has 2 aromatic heterocycles. The van der Waals surface area contributed by atoms with E-state index in [1.807, 2.05) is 59.0 Å². The molecule has 27 heavy (non-hydrogen) atoms. The Hall–Kier alpha value is -2.51. The van der Waals surface area contributed by atoms with Crippen molar-refractivity contribution in [3.05, 3.63) is 59.1 Å². The Labute approximate surface area is 164 Å². The normalized spacial score (nSPS) is 17.3. The van der Waals surface area contributed by atoms with Crippen molar-refractivity contribution in [1.82, 2.24) is 24.2 Å². The van der Waals surface area contributed by atoms with Gasteiger partial charge in [-0.2, -0.15) is 5.10 Å². The Bertz CT molecular complexity index is 982. The second-order valence-electron chi connectivity index (χ2n) is 6.76. The van der Waals surface area contributed by atoms with Crippen molar-refractivity contribution >= 4 is 12.2 Å². The monoisotopic (exact) mass is 381 g/mol. The molecule has 3 heterocycles. The second kappa shape index (κ2) is 7.62. The van der Waals surface area contributed by atoms with E-state index >= 15 is 0 Å². The van der Waals surface area contributed by atoms with Crippen LogP contribution in [-0.4, -0.2) is 37.9 Å². The molecule has 140 valence electrons. The van der Waals surface area contributed by atoms with Gasteiger partial charge in [-0.25, -0.2) is 4.68 Å². The highest BCUT2D eigenvalue weighted by molar-refractivity contribution is 7.71. The smallest absolute Gasteiger partial charge is 0.199 e. The van der Waals surface area contributed by atoms with Gasteiger partial charge in [0.05, 0.1) is 19.3 Å². The number of hydrogen-bond acceptors (Lipinski definition) is 5. The Morgan fingerprint density at radius 2 is 2.07 bits per heavy atom. The number of likely N-dealkylation sites (tertiary alicyclic amines) is 1. The highest BCUT2D eigenvalue weighted by Gasteiger charge is 2.27. The topological polar surface area (TPSA) is 48.1 Å². The van der Waals surface area contributed by atoms with Crippen LogP contribution in [0.1, 0.15) is 24.4 Å². The van der Waals surface area contributed by atoms with Crippen LogP contribution in [0.4, 0.5) is 0 Å². The van der Waals surface area contributed by atoms with Crippen molar-refractivity contribution in [2.24, 2.45) is 7.05 Å². The number of ether oxygens (including phenoxy) is 1. The van der Waals surface area contributed by atoms with Gasteiger partial charge in [-0.3, -0.25) is 9.88 Å². The van der Waals surface area contributed by atoms with Crippen molar-refractivity contribution in [1.29, 1.82) is 0 Å². The summed E-state index contributed by atoms with van der Waals surface area (Å²) in [7, 11) is 3.63. The average molecular weight is 382 g/mol. The van der Waals surface area contributed by atoms with E-state index in [1.54, 1.807) is 7.11 Å². The highest BCUT2D eigenvalue weighted by Crippen LogP contribution is 2.32. The van der Waals surface area contributed by atoms with Crippen LogP contribution in [0.3, 0.4) is 0 Å². The molecule has 0 spiro atoms. The Balaban J connectivity index is 1.65. The summed E-state index contributed by atoms with van der Waals surface area (Å²) in [5.41, 5.74) is 2.19. The van der Waals surface area contributed by atoms with Crippen LogP contribution in [0.25, 0.3) is 11.4 Å². The van der Waals surface area contributed by atoms with Gasteiger partial charge in [0.1, 0.15) is 5.75 Å². The Kier molecular flexibility index (Phi) is 5.05. The first kappa shape index (κ1) is 17.9. The molecule has 0 radical (unpaired) electrons. The zero-order valence-corrected chi connectivity index (χ0v) is 16.4. The van der Waals surface area contributed by atoms with Crippen LogP contribution < -0.4 is 4.74 Å². The SMILES string of the molecule is COc1ccccc1-c1nn(CN2CCCC2c2cccnc2)c(=S)n1C. The average Bonchev–Trinajstić information content (AvgIpc) is 3.29. The first-order valence-electron chi connectivity index (χ1n) is 9.10. The lowest BCUT2D eigenvalue weighted by Crippen LogP contribution is -2.27. The van der Waals surface area contributed by atoms with Gasteiger partial charge in [0.2, 0.25) is 0 Å². The number of nitrogens with zero attached hydrogens (tertiary/aromatic N) is 5. The third kappa shape index (κ3) is 3.40. The van der Waals surface area contributed by atoms with Crippen LogP contribution in [-0.2, 0) is 13.7 Å². The fourth-order valence-corrected chi connectivity index (χ4v) is 3.95. The molecule has 0 aliphatic carbocycles. The number of hydrogen-bond donors (Lipinski definition) is 0. The van der Waals surface area contributed by atoms with Gasteiger partial charge in [0.15, 0.2) is 10.6 Å². The minimum Gasteiger partial charge on any atom is -0.496 e. The summed E-state index contributed by atoms with van der Waals surface area (Å²) < 4.78 is 10.1. The van der Waals surface area contributed by atoms with Crippen LogP contribution >= 0.6 is 12.2 Å². The molecule has 1 fully saturated rings. The van der Waals surface area contributed by atoms with Crippen LogP contribution in [0.5, 0.6) is 5.75 Å². The number of methoxy groups -OCH3 is 1. The minimum absolute atomic E-state index is 0.359. The maximum atomic E-state index is 5.67. The zero-order chi connectivity index (χ0) is 18.8. The molecular formula is C20H23N5OS. The summed E-state index contributed by atoms with van der Waals surface area (Å²) in [6.45, 7) is 1.70. The lowest BCUT2D eigenvalue weighted by atomic mass is 10.1. The first-order chi connectivity index (χ1) is 13.2. The number of rotatable bonds is 5. The third-order valence-corrected chi connectivity index (χ3v) is 5.62. The Morgan fingerprint density at radius 1 is 1.22 bits per heavy atom. The lowest BCUT2D eigenvalue weighted by molar-refractivity contribution is 0.189. The van der Waals surface area contributed by atoms with Gasteiger partial charge in [-0.1, -0.05) is 18.2 Å². The number of para-hydroxylation sites is 1. The highest BCUT2D eigenvalue weighted by atomic mass is 32.1. The minimum atomic E-state index is 0.359. The molecule has 0 amide bonds. The molecule has 0 N–H and O–H groups in total. The second-order valence-corrected chi connectivity index (χ2v) is 7.13. The van der Waals surface area contributed by atoms with Crippen LogP contribution in [0.2, 0.25) is 0 Å². The summed E-state index contributed by atoms with van der Waals surface area (Å²) in [5, 5.41) is 4.82. The summed E-state index contributed by atoms with van der Waals surface area (Å²) in [4.78, 5) is 6.70. The summed E-state index contributed by atoms with van der Waals surface area (Å²) in [6, 6.07) is 12.4. The molecule has 1 unspecified atom stereocenters.